The van der Waals surface area contributed by atoms with Crippen molar-refractivity contribution in [1.29, 1.82) is 0 Å². The number of methoxy groups -OCH3 is 4. The Kier molecular flexibility index (Phi) is 12.9. The minimum atomic E-state index is -1.15. The second kappa shape index (κ2) is 17.5. The first-order valence-corrected chi connectivity index (χ1v) is 17.1. The van der Waals surface area contributed by atoms with Crippen molar-refractivity contribution in [2.45, 2.75) is 52.1 Å². The van der Waals surface area contributed by atoms with Crippen LogP contribution in [-0.4, -0.2) is 78.2 Å². The SMILES string of the molecule is COc1cc([C@H]2OC[C@@H]3[C@H]2CO[C@H]3c2cc(OC)c(O[C@H](COC(C)=O)[C@@H](OC(C)=O)c3ccc(OC(C)=O)c(OC)c3)c(OC)c2)ccc1OC(C)=O. The molecule has 0 unspecified atom stereocenters. The largest absolute Gasteiger partial charge is 0.493 e. The lowest BCUT2D eigenvalue weighted by Gasteiger charge is -2.29. The number of rotatable bonds is 15. The Morgan fingerprint density at radius 2 is 1.11 bits per heavy atom. The highest BCUT2D eigenvalue weighted by molar-refractivity contribution is 5.71. The number of ether oxygens (including phenoxy) is 11. The number of carbonyl (C=O) groups is 4. The normalized spacial score (nSPS) is 19.8. The van der Waals surface area contributed by atoms with Crippen molar-refractivity contribution in [2.24, 2.45) is 11.8 Å². The minimum Gasteiger partial charge on any atom is -0.493 e. The maximum absolute atomic E-state index is 12.4. The van der Waals surface area contributed by atoms with Gasteiger partial charge in [0.1, 0.15) is 6.61 Å². The zero-order chi connectivity index (χ0) is 39.1. The molecular weight excluding hydrogens is 708 g/mol. The van der Waals surface area contributed by atoms with E-state index in [2.05, 4.69) is 0 Å². The molecule has 0 radical (unpaired) electrons. The Hall–Kier alpha value is -5.54. The molecule has 2 saturated heterocycles. The molecule has 5 rings (SSSR count). The van der Waals surface area contributed by atoms with E-state index >= 15 is 0 Å². The Morgan fingerprint density at radius 1 is 0.611 bits per heavy atom. The molecule has 0 amide bonds. The zero-order valence-corrected chi connectivity index (χ0v) is 31.3. The maximum atomic E-state index is 12.4. The van der Waals surface area contributed by atoms with Gasteiger partial charge in [0.05, 0.1) is 53.9 Å². The molecule has 15 nitrogen and oxygen atoms in total. The standard InChI is InChI=1S/C39H44O15/c1-20(40)48-19-35(38(53-23(4)43)25-10-12-30(52-22(3)42)32(14-25)45-6)54-39-33(46-7)15-26(16-34(39)47-8)37-28-18-49-36(27(28)17-50-37)24-9-11-29(51-21(2)41)31(13-24)44-5/h9-16,27-28,35-38H,17-19H2,1-8H3/t27-,28-,35-,36-,37+,38+/m1/s1. The van der Waals surface area contributed by atoms with E-state index in [0.29, 0.717) is 30.3 Å². The van der Waals surface area contributed by atoms with Gasteiger partial charge in [0.2, 0.25) is 5.75 Å². The van der Waals surface area contributed by atoms with Gasteiger partial charge in [-0.2, -0.15) is 0 Å². The van der Waals surface area contributed by atoms with E-state index in [-0.39, 0.29) is 53.3 Å². The Bertz CT molecular complexity index is 1830. The number of carbonyl (C=O) groups excluding carboxylic acids is 4. The molecule has 0 saturated carbocycles. The fraction of sp³-hybridized carbons (Fsp3) is 0.436. The van der Waals surface area contributed by atoms with Gasteiger partial charge in [0, 0.05) is 45.1 Å². The summed E-state index contributed by atoms with van der Waals surface area (Å²) in [5.74, 6) is -0.513. The molecule has 3 aromatic rings. The van der Waals surface area contributed by atoms with E-state index < -0.39 is 42.2 Å². The first kappa shape index (κ1) is 39.7. The average molecular weight is 753 g/mol. The molecule has 0 aliphatic carbocycles. The van der Waals surface area contributed by atoms with Crippen LogP contribution in [0.15, 0.2) is 48.5 Å². The lowest BCUT2D eigenvalue weighted by Crippen LogP contribution is -2.34. The molecule has 2 heterocycles. The summed E-state index contributed by atoms with van der Waals surface area (Å²) in [6, 6.07) is 13.5. The van der Waals surface area contributed by atoms with Crippen LogP contribution in [0.25, 0.3) is 0 Å². The molecule has 0 spiro atoms. The molecule has 2 fully saturated rings. The average Bonchev–Trinajstić information content (AvgIpc) is 3.75. The van der Waals surface area contributed by atoms with Crippen molar-refractivity contribution >= 4 is 23.9 Å². The van der Waals surface area contributed by atoms with Crippen LogP contribution >= 0.6 is 0 Å². The van der Waals surface area contributed by atoms with Crippen LogP contribution in [0.3, 0.4) is 0 Å². The van der Waals surface area contributed by atoms with Crippen molar-refractivity contribution in [2.75, 3.05) is 48.3 Å². The number of fused-ring (bicyclic) bond motifs is 1. The van der Waals surface area contributed by atoms with Crippen LogP contribution < -0.4 is 33.2 Å². The number of benzene rings is 3. The fourth-order valence-corrected chi connectivity index (χ4v) is 6.69. The Balaban J connectivity index is 1.45. The fourth-order valence-electron chi connectivity index (χ4n) is 6.69. The predicted octanol–water partition coefficient (Wildman–Crippen LogP) is 5.26. The molecule has 0 aromatic heterocycles. The van der Waals surface area contributed by atoms with Crippen molar-refractivity contribution in [3.8, 4) is 40.2 Å². The van der Waals surface area contributed by atoms with E-state index in [9.17, 15) is 19.2 Å². The smallest absolute Gasteiger partial charge is 0.308 e. The third-order valence-electron chi connectivity index (χ3n) is 8.97. The van der Waals surface area contributed by atoms with Crippen LogP contribution in [0.2, 0.25) is 0 Å². The minimum absolute atomic E-state index is 0.00554. The number of esters is 4. The summed E-state index contributed by atoms with van der Waals surface area (Å²) >= 11 is 0. The van der Waals surface area contributed by atoms with E-state index in [4.69, 9.17) is 52.1 Å². The summed E-state index contributed by atoms with van der Waals surface area (Å²) in [4.78, 5) is 47.6. The second-order valence-corrected chi connectivity index (χ2v) is 12.6. The summed E-state index contributed by atoms with van der Waals surface area (Å²) in [6.07, 6.45) is -2.97. The van der Waals surface area contributed by atoms with Gasteiger partial charge in [-0.25, -0.2) is 0 Å². The highest BCUT2D eigenvalue weighted by Crippen LogP contribution is 2.53. The first-order valence-electron chi connectivity index (χ1n) is 17.1. The summed E-state index contributed by atoms with van der Waals surface area (Å²) in [6.45, 7) is 5.53. The van der Waals surface area contributed by atoms with Gasteiger partial charge in [-0.05, 0) is 47.5 Å². The number of hydrogen-bond donors (Lipinski definition) is 0. The van der Waals surface area contributed by atoms with Gasteiger partial charge in [-0.1, -0.05) is 12.1 Å². The molecule has 290 valence electrons. The molecule has 3 aromatic carbocycles. The maximum Gasteiger partial charge on any atom is 0.308 e. The predicted molar refractivity (Wildman–Crippen MR) is 188 cm³/mol. The van der Waals surface area contributed by atoms with Crippen molar-refractivity contribution in [3.63, 3.8) is 0 Å². The molecule has 2 aliphatic rings. The van der Waals surface area contributed by atoms with Crippen LogP contribution in [-0.2, 0) is 38.1 Å². The molecule has 6 atom stereocenters. The van der Waals surface area contributed by atoms with Crippen molar-refractivity contribution < 1.29 is 71.3 Å². The van der Waals surface area contributed by atoms with Gasteiger partial charge in [0.25, 0.3) is 0 Å². The monoisotopic (exact) mass is 752 g/mol. The molecule has 0 bridgehead atoms. The van der Waals surface area contributed by atoms with Crippen LogP contribution in [0.5, 0.6) is 40.2 Å². The van der Waals surface area contributed by atoms with Gasteiger partial charge < -0.3 is 52.1 Å². The Morgan fingerprint density at radius 3 is 1.61 bits per heavy atom. The quantitative estimate of drug-likeness (QED) is 0.145. The van der Waals surface area contributed by atoms with Crippen LogP contribution in [0, 0.1) is 11.8 Å². The lowest BCUT2D eigenvalue weighted by atomic mass is 9.84. The van der Waals surface area contributed by atoms with Crippen LogP contribution in [0.4, 0.5) is 0 Å². The molecular formula is C39H44O15. The highest BCUT2D eigenvalue weighted by Gasteiger charge is 2.48. The van der Waals surface area contributed by atoms with E-state index in [1.54, 1.807) is 30.3 Å². The van der Waals surface area contributed by atoms with Crippen molar-refractivity contribution in [1.82, 2.24) is 0 Å². The van der Waals surface area contributed by atoms with Gasteiger partial charge in [-0.15, -0.1) is 0 Å². The summed E-state index contributed by atoms with van der Waals surface area (Å²) in [5.41, 5.74) is 2.00. The molecule has 0 N–H and O–H groups in total. The molecule has 2 aliphatic heterocycles. The zero-order valence-electron chi connectivity index (χ0n) is 31.3. The summed E-state index contributed by atoms with van der Waals surface area (Å²) < 4.78 is 63.3. The first-order chi connectivity index (χ1) is 25.9. The van der Waals surface area contributed by atoms with Crippen molar-refractivity contribution in [3.05, 3.63) is 65.2 Å². The Labute approximate surface area is 312 Å². The van der Waals surface area contributed by atoms with E-state index in [0.717, 1.165) is 11.1 Å². The highest BCUT2D eigenvalue weighted by atomic mass is 16.6. The lowest BCUT2D eigenvalue weighted by molar-refractivity contribution is -0.157. The van der Waals surface area contributed by atoms with Gasteiger partial charge in [0.15, 0.2) is 46.7 Å². The number of hydrogen-bond acceptors (Lipinski definition) is 15. The van der Waals surface area contributed by atoms with E-state index in [1.165, 1.54) is 68.3 Å². The summed E-state index contributed by atoms with van der Waals surface area (Å²) in [7, 11) is 5.83. The topological polar surface area (TPSA) is 170 Å². The van der Waals surface area contributed by atoms with Crippen LogP contribution in [0.1, 0.15) is 62.7 Å². The summed E-state index contributed by atoms with van der Waals surface area (Å²) in [5, 5.41) is 0. The van der Waals surface area contributed by atoms with Gasteiger partial charge >= 0.3 is 23.9 Å². The molecule has 54 heavy (non-hydrogen) atoms. The second-order valence-electron chi connectivity index (χ2n) is 12.6. The third-order valence-corrected chi connectivity index (χ3v) is 8.97. The van der Waals surface area contributed by atoms with Gasteiger partial charge in [-0.3, -0.25) is 19.2 Å². The van der Waals surface area contributed by atoms with E-state index in [1.807, 2.05) is 6.07 Å². The molecule has 15 heteroatoms. The third kappa shape index (κ3) is 8.97.